The molecule has 0 spiro atoms. The van der Waals surface area contributed by atoms with Gasteiger partial charge in [-0.15, -0.1) is 0 Å². The van der Waals surface area contributed by atoms with E-state index in [9.17, 15) is 4.79 Å². The number of hydrogen-bond donors (Lipinski definition) is 2. The number of nitrogens with one attached hydrogen (secondary N) is 2. The summed E-state index contributed by atoms with van der Waals surface area (Å²) >= 11 is 0. The molecule has 0 heterocycles. The minimum atomic E-state index is -0.118. The van der Waals surface area contributed by atoms with Gasteiger partial charge >= 0.3 is 6.03 Å². The lowest BCUT2D eigenvalue weighted by atomic mass is 9.98. The highest BCUT2D eigenvalue weighted by atomic mass is 16.5. The summed E-state index contributed by atoms with van der Waals surface area (Å²) in [4.78, 5) is 11.5. The summed E-state index contributed by atoms with van der Waals surface area (Å²) in [5.41, 5.74) is 4.52. The zero-order valence-electron chi connectivity index (χ0n) is 12.5. The third kappa shape index (κ3) is 3.88. The number of amides is 2. The fraction of sp³-hybridized carbons (Fsp3) is 0.533. The van der Waals surface area contributed by atoms with Crippen LogP contribution in [-0.4, -0.2) is 19.7 Å². The predicted octanol–water partition coefficient (Wildman–Crippen LogP) is 2.83. The molecular weight excluding hydrogens is 240 g/mol. The average Bonchev–Trinajstić information content (AvgIpc) is 2.39. The molecule has 0 aromatic heterocycles. The first-order valence-electron chi connectivity index (χ1n) is 6.66. The fourth-order valence-electron chi connectivity index (χ4n) is 2.12. The van der Waals surface area contributed by atoms with Crippen molar-refractivity contribution in [2.24, 2.45) is 0 Å². The molecule has 0 aliphatic carbocycles. The topological polar surface area (TPSA) is 50.4 Å². The van der Waals surface area contributed by atoms with E-state index in [0.717, 1.165) is 28.9 Å². The monoisotopic (exact) mass is 264 g/mol. The molecule has 0 fully saturated rings. The molecular formula is C15H24N2O2. The van der Waals surface area contributed by atoms with Crippen molar-refractivity contribution < 1.29 is 9.53 Å². The van der Waals surface area contributed by atoms with Crippen LogP contribution < -0.4 is 15.4 Å². The number of hydrogen-bond acceptors (Lipinski definition) is 2. The number of rotatable bonds is 5. The van der Waals surface area contributed by atoms with Gasteiger partial charge in [0.1, 0.15) is 5.75 Å². The first kappa shape index (κ1) is 15.3. The van der Waals surface area contributed by atoms with Gasteiger partial charge < -0.3 is 15.4 Å². The van der Waals surface area contributed by atoms with Crippen molar-refractivity contribution in [2.45, 2.75) is 40.7 Å². The molecule has 0 atom stereocenters. The Morgan fingerprint density at radius 3 is 2.47 bits per heavy atom. The third-order valence-electron chi connectivity index (χ3n) is 3.31. The smallest absolute Gasteiger partial charge is 0.315 e. The van der Waals surface area contributed by atoms with Gasteiger partial charge in [-0.1, -0.05) is 13.0 Å². The van der Waals surface area contributed by atoms with E-state index >= 15 is 0 Å². The van der Waals surface area contributed by atoms with Gasteiger partial charge in [0.15, 0.2) is 0 Å². The van der Waals surface area contributed by atoms with Crippen LogP contribution in [0.4, 0.5) is 4.79 Å². The summed E-state index contributed by atoms with van der Waals surface area (Å²) in [5.74, 6) is 0.927. The van der Waals surface area contributed by atoms with E-state index in [4.69, 9.17) is 4.74 Å². The Kier molecular flexibility index (Phi) is 5.67. The lowest BCUT2D eigenvalue weighted by molar-refractivity contribution is 0.240. The van der Waals surface area contributed by atoms with Gasteiger partial charge in [0.2, 0.25) is 0 Å². The molecule has 0 aliphatic rings. The summed E-state index contributed by atoms with van der Waals surface area (Å²) in [7, 11) is 1.69. The Balaban J connectivity index is 2.77. The van der Waals surface area contributed by atoms with Crippen molar-refractivity contribution in [3.8, 4) is 5.75 Å². The van der Waals surface area contributed by atoms with Crippen LogP contribution in [0.2, 0.25) is 0 Å². The van der Waals surface area contributed by atoms with Gasteiger partial charge in [0.05, 0.1) is 7.11 Å². The molecule has 1 aromatic carbocycles. The summed E-state index contributed by atoms with van der Waals surface area (Å²) in [5, 5.41) is 5.67. The zero-order chi connectivity index (χ0) is 14.4. The van der Waals surface area contributed by atoms with E-state index in [0.29, 0.717) is 13.1 Å². The van der Waals surface area contributed by atoms with Crippen molar-refractivity contribution in [2.75, 3.05) is 13.7 Å². The zero-order valence-corrected chi connectivity index (χ0v) is 12.5. The molecule has 2 N–H and O–H groups in total. The van der Waals surface area contributed by atoms with E-state index in [1.807, 2.05) is 20.8 Å². The third-order valence-corrected chi connectivity index (χ3v) is 3.31. The normalized spacial score (nSPS) is 10.2. The number of benzene rings is 1. The minimum absolute atomic E-state index is 0.118. The van der Waals surface area contributed by atoms with Gasteiger partial charge in [-0.05, 0) is 49.4 Å². The maximum Gasteiger partial charge on any atom is 0.315 e. The molecule has 19 heavy (non-hydrogen) atoms. The molecule has 1 aromatic rings. The molecule has 0 radical (unpaired) electrons. The quantitative estimate of drug-likeness (QED) is 0.859. The molecule has 4 heteroatoms. The first-order chi connectivity index (χ1) is 9.01. The van der Waals surface area contributed by atoms with Crippen molar-refractivity contribution in [3.63, 3.8) is 0 Å². The Bertz CT molecular complexity index is 456. The van der Waals surface area contributed by atoms with Gasteiger partial charge in [0.25, 0.3) is 0 Å². The largest absolute Gasteiger partial charge is 0.496 e. The number of carbonyl (C=O) groups is 1. The van der Waals surface area contributed by atoms with Crippen molar-refractivity contribution in [3.05, 3.63) is 28.3 Å². The van der Waals surface area contributed by atoms with Crippen LogP contribution in [0, 0.1) is 20.8 Å². The summed E-state index contributed by atoms with van der Waals surface area (Å²) < 4.78 is 5.39. The summed E-state index contributed by atoms with van der Waals surface area (Å²) in [6.45, 7) is 9.38. The Hall–Kier alpha value is -1.71. The second kappa shape index (κ2) is 7.02. The van der Waals surface area contributed by atoms with Crippen LogP contribution in [0.5, 0.6) is 5.75 Å². The van der Waals surface area contributed by atoms with Crippen LogP contribution in [0.1, 0.15) is 35.6 Å². The van der Waals surface area contributed by atoms with Gasteiger partial charge in [-0.2, -0.15) is 0 Å². The lowest BCUT2D eigenvalue weighted by Gasteiger charge is -2.16. The van der Waals surface area contributed by atoms with Gasteiger partial charge in [-0.3, -0.25) is 0 Å². The van der Waals surface area contributed by atoms with Crippen molar-refractivity contribution in [1.29, 1.82) is 0 Å². The molecule has 106 valence electrons. The number of methoxy groups -OCH3 is 1. The molecule has 4 nitrogen and oxygen atoms in total. The van der Waals surface area contributed by atoms with Crippen LogP contribution >= 0.6 is 0 Å². The SMILES string of the molecule is CCCNC(=O)NCc1cc(C)c(OC)c(C)c1C. The van der Waals surface area contributed by atoms with E-state index in [-0.39, 0.29) is 6.03 Å². The van der Waals surface area contributed by atoms with E-state index in [1.54, 1.807) is 7.11 Å². The fourth-order valence-corrected chi connectivity index (χ4v) is 2.12. The van der Waals surface area contributed by atoms with Crippen molar-refractivity contribution in [1.82, 2.24) is 10.6 Å². The highest BCUT2D eigenvalue weighted by molar-refractivity contribution is 5.73. The highest BCUT2D eigenvalue weighted by Crippen LogP contribution is 2.28. The van der Waals surface area contributed by atoms with Crippen molar-refractivity contribution >= 4 is 6.03 Å². The van der Waals surface area contributed by atoms with E-state index in [2.05, 4.69) is 23.6 Å². The van der Waals surface area contributed by atoms with E-state index < -0.39 is 0 Å². The number of aryl methyl sites for hydroxylation is 1. The first-order valence-corrected chi connectivity index (χ1v) is 6.66. The molecule has 0 saturated heterocycles. The second-order valence-electron chi connectivity index (χ2n) is 4.75. The van der Waals surface area contributed by atoms with E-state index in [1.165, 1.54) is 5.56 Å². The molecule has 0 bridgehead atoms. The summed E-state index contributed by atoms with van der Waals surface area (Å²) in [6, 6.07) is 1.95. The number of urea groups is 1. The van der Waals surface area contributed by atoms with Crippen LogP contribution in [0.25, 0.3) is 0 Å². The molecule has 1 rings (SSSR count). The summed E-state index contributed by atoms with van der Waals surface area (Å²) in [6.07, 6.45) is 0.938. The Labute approximate surface area is 115 Å². The highest BCUT2D eigenvalue weighted by Gasteiger charge is 2.11. The maximum atomic E-state index is 11.5. The molecule has 2 amide bonds. The minimum Gasteiger partial charge on any atom is -0.496 e. The van der Waals surface area contributed by atoms with Gasteiger partial charge in [0, 0.05) is 13.1 Å². The Morgan fingerprint density at radius 1 is 1.21 bits per heavy atom. The molecule has 0 unspecified atom stereocenters. The molecule has 0 saturated carbocycles. The number of ether oxygens (including phenoxy) is 1. The second-order valence-corrected chi connectivity index (χ2v) is 4.75. The standard InChI is InChI=1S/C15H24N2O2/c1-6-7-16-15(18)17-9-13-8-10(2)14(19-5)12(4)11(13)3/h8H,6-7,9H2,1-5H3,(H2,16,17,18). The average molecular weight is 264 g/mol. The predicted molar refractivity (Wildman–Crippen MR) is 77.7 cm³/mol. The van der Waals surface area contributed by atoms with Gasteiger partial charge in [-0.25, -0.2) is 4.79 Å². The maximum absolute atomic E-state index is 11.5. The lowest BCUT2D eigenvalue weighted by Crippen LogP contribution is -2.35. The Morgan fingerprint density at radius 2 is 1.89 bits per heavy atom. The number of carbonyl (C=O) groups excluding carboxylic acids is 1. The molecule has 0 aliphatic heterocycles. The van der Waals surface area contributed by atoms with Crippen LogP contribution in [-0.2, 0) is 6.54 Å². The van der Waals surface area contributed by atoms with Crippen LogP contribution in [0.15, 0.2) is 6.07 Å². The van der Waals surface area contributed by atoms with Crippen LogP contribution in [0.3, 0.4) is 0 Å².